The molecule has 0 saturated carbocycles. The largest absolute Gasteiger partial charge is 0.399 e. The molecule has 1 aromatic carbocycles. The summed E-state index contributed by atoms with van der Waals surface area (Å²) in [5, 5.41) is 2.82. The number of amides is 2. The van der Waals surface area contributed by atoms with E-state index >= 15 is 0 Å². The van der Waals surface area contributed by atoms with E-state index in [2.05, 4.69) is 5.32 Å². The molecule has 6 heteroatoms. The quantitative estimate of drug-likeness (QED) is 0.748. The fraction of sp³-hybridized carbons (Fsp3) is 0.533. The molecule has 0 atom stereocenters. The third kappa shape index (κ3) is 5.15. The van der Waals surface area contributed by atoms with Crippen LogP contribution in [-0.2, 0) is 11.3 Å². The van der Waals surface area contributed by atoms with Gasteiger partial charge in [0.15, 0.2) is 0 Å². The molecule has 0 aliphatic heterocycles. The summed E-state index contributed by atoms with van der Waals surface area (Å²) in [6.07, 6.45) is 0. The standard InChI is InChI=1S/C15H26N4O2/c1-5-17-15(20)19(8-9-21-4)11-12-10-13(16)6-7-14(12)18(2)3/h6-7,10H,5,8-9,11,16H2,1-4H3,(H,17,20). The van der Waals surface area contributed by atoms with Crippen LogP contribution in [-0.4, -0.2) is 51.8 Å². The summed E-state index contributed by atoms with van der Waals surface area (Å²) in [5.74, 6) is 0. The summed E-state index contributed by atoms with van der Waals surface area (Å²) in [7, 11) is 5.57. The number of nitrogens with one attached hydrogen (secondary N) is 1. The lowest BCUT2D eigenvalue weighted by atomic mass is 10.1. The third-order valence-corrected chi connectivity index (χ3v) is 3.13. The summed E-state index contributed by atoms with van der Waals surface area (Å²) in [6, 6.07) is 5.65. The maximum Gasteiger partial charge on any atom is 0.317 e. The molecule has 0 aliphatic rings. The molecule has 0 unspecified atom stereocenters. The molecule has 0 spiro atoms. The van der Waals surface area contributed by atoms with E-state index in [0.29, 0.717) is 31.9 Å². The highest BCUT2D eigenvalue weighted by Crippen LogP contribution is 2.23. The number of carbonyl (C=O) groups excluding carboxylic acids is 1. The second-order valence-corrected chi connectivity index (χ2v) is 5.03. The number of anilines is 2. The Hall–Kier alpha value is -1.95. The lowest BCUT2D eigenvalue weighted by molar-refractivity contribution is 0.147. The first-order chi connectivity index (χ1) is 9.99. The molecule has 118 valence electrons. The SMILES string of the molecule is CCNC(=O)N(CCOC)Cc1cc(N)ccc1N(C)C. The van der Waals surface area contributed by atoms with Crippen molar-refractivity contribution in [1.29, 1.82) is 0 Å². The Bertz CT molecular complexity index is 463. The van der Waals surface area contributed by atoms with Crippen LogP contribution in [0.4, 0.5) is 16.2 Å². The number of methoxy groups -OCH3 is 1. The van der Waals surface area contributed by atoms with Crippen molar-refractivity contribution in [3.63, 3.8) is 0 Å². The predicted molar refractivity (Wildman–Crippen MR) is 86.5 cm³/mol. The molecule has 0 radical (unpaired) electrons. The highest BCUT2D eigenvalue weighted by Gasteiger charge is 2.15. The second-order valence-electron chi connectivity index (χ2n) is 5.03. The first kappa shape index (κ1) is 17.1. The monoisotopic (exact) mass is 294 g/mol. The number of nitrogen functional groups attached to an aromatic ring is 1. The zero-order valence-corrected chi connectivity index (χ0v) is 13.3. The minimum Gasteiger partial charge on any atom is -0.399 e. The first-order valence-electron chi connectivity index (χ1n) is 7.07. The molecule has 1 aromatic rings. The number of nitrogens with zero attached hydrogens (tertiary/aromatic N) is 2. The Balaban J connectivity index is 2.96. The van der Waals surface area contributed by atoms with Gasteiger partial charge in [0.2, 0.25) is 0 Å². The molecule has 0 heterocycles. The average molecular weight is 294 g/mol. The molecule has 0 fully saturated rings. The molecule has 3 N–H and O–H groups in total. The molecule has 0 aliphatic carbocycles. The van der Waals surface area contributed by atoms with E-state index in [1.165, 1.54) is 0 Å². The van der Waals surface area contributed by atoms with Crippen molar-refractivity contribution in [3.05, 3.63) is 23.8 Å². The summed E-state index contributed by atoms with van der Waals surface area (Å²) in [6.45, 7) is 4.02. The Morgan fingerprint density at radius 3 is 2.67 bits per heavy atom. The van der Waals surface area contributed by atoms with Gasteiger partial charge >= 0.3 is 6.03 Å². The molecule has 2 amide bonds. The van der Waals surface area contributed by atoms with E-state index in [1.807, 2.05) is 44.1 Å². The molecular weight excluding hydrogens is 268 g/mol. The van der Waals surface area contributed by atoms with E-state index in [-0.39, 0.29) is 6.03 Å². The Morgan fingerprint density at radius 1 is 1.38 bits per heavy atom. The van der Waals surface area contributed by atoms with Crippen LogP contribution in [0.25, 0.3) is 0 Å². The number of hydrogen-bond donors (Lipinski definition) is 2. The molecule has 21 heavy (non-hydrogen) atoms. The average Bonchev–Trinajstić information content (AvgIpc) is 2.43. The van der Waals surface area contributed by atoms with E-state index in [0.717, 1.165) is 11.3 Å². The number of nitrogens with two attached hydrogens (primary N) is 1. The fourth-order valence-corrected chi connectivity index (χ4v) is 2.09. The van der Waals surface area contributed by atoms with Crippen molar-refractivity contribution < 1.29 is 9.53 Å². The van der Waals surface area contributed by atoms with Crippen LogP contribution in [0.3, 0.4) is 0 Å². The van der Waals surface area contributed by atoms with Gasteiger partial charge in [-0.3, -0.25) is 0 Å². The normalized spacial score (nSPS) is 10.3. The topological polar surface area (TPSA) is 70.8 Å². The molecule has 0 saturated heterocycles. The van der Waals surface area contributed by atoms with Crippen molar-refractivity contribution in [2.24, 2.45) is 0 Å². The highest BCUT2D eigenvalue weighted by atomic mass is 16.5. The number of carbonyl (C=O) groups is 1. The number of urea groups is 1. The maximum atomic E-state index is 12.1. The predicted octanol–water partition coefficient (Wildman–Crippen LogP) is 1.51. The fourth-order valence-electron chi connectivity index (χ4n) is 2.09. The minimum absolute atomic E-state index is 0.0957. The molecular formula is C15H26N4O2. The zero-order chi connectivity index (χ0) is 15.8. The number of hydrogen-bond acceptors (Lipinski definition) is 4. The van der Waals surface area contributed by atoms with Crippen LogP contribution in [0.15, 0.2) is 18.2 Å². The first-order valence-corrected chi connectivity index (χ1v) is 7.07. The zero-order valence-electron chi connectivity index (χ0n) is 13.3. The summed E-state index contributed by atoms with van der Waals surface area (Å²) < 4.78 is 5.08. The molecule has 1 rings (SSSR count). The van der Waals surface area contributed by atoms with Crippen LogP contribution in [0.2, 0.25) is 0 Å². The van der Waals surface area contributed by atoms with Gasteiger partial charge in [-0.25, -0.2) is 4.79 Å². The number of rotatable bonds is 7. The lowest BCUT2D eigenvalue weighted by Crippen LogP contribution is -2.41. The van der Waals surface area contributed by atoms with E-state index in [4.69, 9.17) is 10.5 Å². The van der Waals surface area contributed by atoms with Crippen molar-refractivity contribution in [2.75, 3.05) is 51.5 Å². The van der Waals surface area contributed by atoms with Crippen molar-refractivity contribution in [3.8, 4) is 0 Å². The van der Waals surface area contributed by atoms with Gasteiger partial charge in [-0.05, 0) is 30.7 Å². The van der Waals surface area contributed by atoms with Gasteiger partial charge < -0.3 is 25.6 Å². The van der Waals surface area contributed by atoms with E-state index < -0.39 is 0 Å². The number of benzene rings is 1. The molecule has 0 aromatic heterocycles. The Morgan fingerprint density at radius 2 is 2.10 bits per heavy atom. The van der Waals surface area contributed by atoms with Gasteiger partial charge in [0, 0.05) is 52.2 Å². The molecule has 0 bridgehead atoms. The lowest BCUT2D eigenvalue weighted by Gasteiger charge is -2.26. The van der Waals surface area contributed by atoms with Gasteiger partial charge in [-0.2, -0.15) is 0 Å². The van der Waals surface area contributed by atoms with Crippen LogP contribution >= 0.6 is 0 Å². The van der Waals surface area contributed by atoms with Crippen molar-refractivity contribution in [2.45, 2.75) is 13.5 Å². The van der Waals surface area contributed by atoms with Crippen LogP contribution < -0.4 is 16.0 Å². The van der Waals surface area contributed by atoms with Crippen LogP contribution in [0.5, 0.6) is 0 Å². The van der Waals surface area contributed by atoms with E-state index in [1.54, 1.807) is 12.0 Å². The smallest absolute Gasteiger partial charge is 0.317 e. The Kier molecular flexibility index (Phi) is 6.81. The summed E-state index contributed by atoms with van der Waals surface area (Å²) in [5.41, 5.74) is 8.64. The van der Waals surface area contributed by atoms with Gasteiger partial charge in [0.05, 0.1) is 6.61 Å². The molecule has 6 nitrogen and oxygen atoms in total. The van der Waals surface area contributed by atoms with Crippen LogP contribution in [0, 0.1) is 0 Å². The minimum atomic E-state index is -0.0957. The van der Waals surface area contributed by atoms with Crippen LogP contribution in [0.1, 0.15) is 12.5 Å². The van der Waals surface area contributed by atoms with E-state index in [9.17, 15) is 4.79 Å². The van der Waals surface area contributed by atoms with Crippen molar-refractivity contribution in [1.82, 2.24) is 10.2 Å². The number of ether oxygens (including phenoxy) is 1. The highest BCUT2D eigenvalue weighted by molar-refractivity contribution is 5.74. The van der Waals surface area contributed by atoms with Gasteiger partial charge in [-0.15, -0.1) is 0 Å². The van der Waals surface area contributed by atoms with Crippen molar-refractivity contribution >= 4 is 17.4 Å². The van der Waals surface area contributed by atoms with Gasteiger partial charge in [-0.1, -0.05) is 0 Å². The summed E-state index contributed by atoms with van der Waals surface area (Å²) >= 11 is 0. The van der Waals surface area contributed by atoms with Gasteiger partial charge in [0.25, 0.3) is 0 Å². The second kappa shape index (κ2) is 8.36. The summed E-state index contributed by atoms with van der Waals surface area (Å²) in [4.78, 5) is 15.9. The maximum absolute atomic E-state index is 12.1. The van der Waals surface area contributed by atoms with Gasteiger partial charge in [0.1, 0.15) is 0 Å². The Labute approximate surface area is 126 Å². The third-order valence-electron chi connectivity index (χ3n) is 3.13.